The van der Waals surface area contributed by atoms with Crippen molar-refractivity contribution in [3.63, 3.8) is 0 Å². The molecule has 0 saturated carbocycles. The van der Waals surface area contributed by atoms with Crippen molar-refractivity contribution in [2.24, 2.45) is 5.41 Å². The summed E-state index contributed by atoms with van der Waals surface area (Å²) in [6, 6.07) is 0. The number of hydrogen-bond acceptors (Lipinski definition) is 6. The summed E-state index contributed by atoms with van der Waals surface area (Å²) in [6.45, 7) is 18.9. The lowest BCUT2D eigenvalue weighted by atomic mass is 9.97. The second-order valence-electron chi connectivity index (χ2n) is 8.08. The van der Waals surface area contributed by atoms with E-state index in [0.717, 1.165) is 59.1 Å². The van der Waals surface area contributed by atoms with Gasteiger partial charge in [0.1, 0.15) is 0 Å². The first-order valence-corrected chi connectivity index (χ1v) is 9.20. The van der Waals surface area contributed by atoms with Gasteiger partial charge in [-0.05, 0) is 19.3 Å². The Labute approximate surface area is 148 Å². The third-order valence-corrected chi connectivity index (χ3v) is 3.76. The van der Waals surface area contributed by atoms with E-state index in [4.69, 9.17) is 9.47 Å². The smallest absolute Gasteiger partial charge is 0.0826 e. The Hall–Kier alpha value is 0.150. The first-order chi connectivity index (χ1) is 10.7. The number of nitrogens with one attached hydrogen (secondary N) is 2. The van der Waals surface area contributed by atoms with E-state index in [1.165, 1.54) is 0 Å². The van der Waals surface area contributed by atoms with E-state index in [9.17, 15) is 0 Å². The van der Waals surface area contributed by atoms with Crippen molar-refractivity contribution >= 4 is 12.6 Å². The fraction of sp³-hybridized carbons (Fsp3) is 1.00. The Morgan fingerprint density at radius 3 is 2.61 bits per heavy atom. The van der Waals surface area contributed by atoms with E-state index in [1.54, 1.807) is 0 Å². The molecule has 0 radical (unpaired) electrons. The standard InChI is InChI=1S/C17H37N3O2S/c1-16(2,3)14-18-12-15-13-20(8-11-22-15)7-10-21-9-6-19-17(4,5)23/h15,18-19,23H,6-14H2,1-5H3. The minimum atomic E-state index is -0.138. The molecule has 5 nitrogen and oxygen atoms in total. The molecular formula is C17H37N3O2S. The molecule has 138 valence electrons. The molecule has 1 aliphatic heterocycles. The lowest BCUT2D eigenvalue weighted by molar-refractivity contribution is -0.0353. The maximum atomic E-state index is 5.84. The van der Waals surface area contributed by atoms with Crippen LogP contribution in [0, 0.1) is 5.41 Å². The Bertz CT molecular complexity index is 316. The van der Waals surface area contributed by atoms with Gasteiger partial charge in [-0.1, -0.05) is 20.8 Å². The van der Waals surface area contributed by atoms with Crippen LogP contribution in [0.25, 0.3) is 0 Å². The van der Waals surface area contributed by atoms with Gasteiger partial charge >= 0.3 is 0 Å². The summed E-state index contributed by atoms with van der Waals surface area (Å²) in [7, 11) is 0. The fourth-order valence-corrected chi connectivity index (χ4v) is 2.55. The molecule has 1 aliphatic rings. The Morgan fingerprint density at radius 1 is 1.22 bits per heavy atom. The van der Waals surface area contributed by atoms with Gasteiger partial charge < -0.3 is 20.1 Å². The van der Waals surface area contributed by atoms with Crippen molar-refractivity contribution in [1.29, 1.82) is 0 Å². The molecule has 2 N–H and O–H groups in total. The van der Waals surface area contributed by atoms with Crippen LogP contribution in [0.1, 0.15) is 34.6 Å². The fourth-order valence-electron chi connectivity index (χ4n) is 2.44. The van der Waals surface area contributed by atoms with E-state index in [2.05, 4.69) is 48.9 Å². The maximum absolute atomic E-state index is 5.84. The van der Waals surface area contributed by atoms with E-state index in [-0.39, 0.29) is 11.0 Å². The summed E-state index contributed by atoms with van der Waals surface area (Å²) >= 11 is 4.42. The number of ether oxygens (including phenoxy) is 2. The highest BCUT2D eigenvalue weighted by Gasteiger charge is 2.20. The van der Waals surface area contributed by atoms with Crippen LogP contribution in [0.4, 0.5) is 0 Å². The van der Waals surface area contributed by atoms with Gasteiger partial charge in [-0.25, -0.2) is 0 Å². The van der Waals surface area contributed by atoms with E-state index in [1.807, 2.05) is 13.8 Å². The molecular weight excluding hydrogens is 310 g/mol. The summed E-state index contributed by atoms with van der Waals surface area (Å²) < 4.78 is 11.5. The largest absolute Gasteiger partial charge is 0.379 e. The quantitative estimate of drug-likeness (QED) is 0.318. The molecule has 1 saturated heterocycles. The Balaban J connectivity index is 2.06. The zero-order valence-corrected chi connectivity index (χ0v) is 16.5. The molecule has 0 aromatic heterocycles. The van der Waals surface area contributed by atoms with Crippen molar-refractivity contribution < 1.29 is 9.47 Å². The molecule has 1 unspecified atom stereocenters. The number of nitrogens with zero attached hydrogens (tertiary/aromatic N) is 1. The highest BCUT2D eigenvalue weighted by molar-refractivity contribution is 7.81. The van der Waals surface area contributed by atoms with Crippen LogP contribution in [0.2, 0.25) is 0 Å². The molecule has 0 spiro atoms. The highest BCUT2D eigenvalue weighted by atomic mass is 32.1. The van der Waals surface area contributed by atoms with Crippen LogP contribution in [-0.4, -0.2) is 75.0 Å². The summed E-state index contributed by atoms with van der Waals surface area (Å²) in [5, 5.41) is 6.82. The molecule has 0 amide bonds. The first kappa shape index (κ1) is 21.2. The van der Waals surface area contributed by atoms with Gasteiger partial charge in [-0.2, -0.15) is 12.6 Å². The maximum Gasteiger partial charge on any atom is 0.0826 e. The van der Waals surface area contributed by atoms with Crippen molar-refractivity contribution in [1.82, 2.24) is 15.5 Å². The average molecular weight is 348 g/mol. The zero-order chi connectivity index (χ0) is 17.3. The minimum Gasteiger partial charge on any atom is -0.379 e. The molecule has 23 heavy (non-hydrogen) atoms. The Morgan fingerprint density at radius 2 is 1.96 bits per heavy atom. The molecule has 0 aromatic rings. The van der Waals surface area contributed by atoms with Crippen LogP contribution in [0.5, 0.6) is 0 Å². The molecule has 0 aliphatic carbocycles. The van der Waals surface area contributed by atoms with Crippen LogP contribution < -0.4 is 10.6 Å². The van der Waals surface area contributed by atoms with Gasteiger partial charge in [0.2, 0.25) is 0 Å². The number of thiol groups is 1. The van der Waals surface area contributed by atoms with Crippen molar-refractivity contribution in [2.45, 2.75) is 45.6 Å². The van der Waals surface area contributed by atoms with Crippen LogP contribution >= 0.6 is 12.6 Å². The molecule has 1 fully saturated rings. The molecule has 1 atom stereocenters. The van der Waals surface area contributed by atoms with Gasteiger partial charge in [0.05, 0.1) is 30.8 Å². The van der Waals surface area contributed by atoms with E-state index < -0.39 is 0 Å². The molecule has 1 rings (SSSR count). The summed E-state index contributed by atoms with van der Waals surface area (Å²) in [5.74, 6) is 0. The number of rotatable bonds is 10. The molecule has 0 bridgehead atoms. The zero-order valence-electron chi connectivity index (χ0n) is 15.7. The Kier molecular flexibility index (Phi) is 9.41. The lowest BCUT2D eigenvalue weighted by Crippen LogP contribution is -2.48. The van der Waals surface area contributed by atoms with Gasteiger partial charge in [0.15, 0.2) is 0 Å². The van der Waals surface area contributed by atoms with Gasteiger partial charge in [0.25, 0.3) is 0 Å². The predicted molar refractivity (Wildman–Crippen MR) is 100 cm³/mol. The SMILES string of the molecule is CC(C)(C)CNCC1CN(CCOCCNC(C)(C)S)CCO1. The predicted octanol–water partition coefficient (Wildman–Crippen LogP) is 1.60. The molecule has 6 heteroatoms. The average Bonchev–Trinajstić information content (AvgIpc) is 2.40. The summed E-state index contributed by atoms with van der Waals surface area (Å²) in [6.07, 6.45) is 0.290. The summed E-state index contributed by atoms with van der Waals surface area (Å²) in [5.41, 5.74) is 0.317. The first-order valence-electron chi connectivity index (χ1n) is 8.75. The highest BCUT2D eigenvalue weighted by Crippen LogP contribution is 2.11. The molecule has 1 heterocycles. The number of morpholine rings is 1. The summed E-state index contributed by atoms with van der Waals surface area (Å²) in [4.78, 5) is 2.30. The van der Waals surface area contributed by atoms with E-state index in [0.29, 0.717) is 5.41 Å². The van der Waals surface area contributed by atoms with Crippen LogP contribution in [0.3, 0.4) is 0 Å². The van der Waals surface area contributed by atoms with Gasteiger partial charge in [-0.3, -0.25) is 4.90 Å². The van der Waals surface area contributed by atoms with E-state index >= 15 is 0 Å². The van der Waals surface area contributed by atoms with Crippen LogP contribution in [0.15, 0.2) is 0 Å². The molecule has 0 aromatic carbocycles. The van der Waals surface area contributed by atoms with Crippen molar-refractivity contribution in [2.75, 3.05) is 59.1 Å². The van der Waals surface area contributed by atoms with Crippen molar-refractivity contribution in [3.05, 3.63) is 0 Å². The van der Waals surface area contributed by atoms with Crippen LogP contribution in [-0.2, 0) is 9.47 Å². The second kappa shape index (κ2) is 10.2. The second-order valence-corrected chi connectivity index (χ2v) is 9.20. The van der Waals surface area contributed by atoms with Gasteiger partial charge in [-0.15, -0.1) is 0 Å². The van der Waals surface area contributed by atoms with Gasteiger partial charge in [0, 0.05) is 39.3 Å². The third-order valence-electron chi connectivity index (χ3n) is 3.61. The topological polar surface area (TPSA) is 45.8 Å². The van der Waals surface area contributed by atoms with Crippen molar-refractivity contribution in [3.8, 4) is 0 Å². The lowest BCUT2D eigenvalue weighted by Gasteiger charge is -2.33. The monoisotopic (exact) mass is 347 g/mol. The third kappa shape index (κ3) is 12.2. The number of hydrogen-bond donors (Lipinski definition) is 3. The minimum absolute atomic E-state index is 0.138. The normalized spacial score (nSPS) is 20.9.